The molecule has 1 heteroatoms. The summed E-state index contributed by atoms with van der Waals surface area (Å²) in [6.07, 6.45) is 1.03. The fraction of sp³-hybridized carbons (Fsp3) is 0.0400. The summed E-state index contributed by atoms with van der Waals surface area (Å²) in [5.41, 5.74) is 4.98. The van der Waals surface area contributed by atoms with Crippen LogP contribution in [0.15, 0.2) is 121 Å². The second-order valence-electron chi connectivity index (χ2n) is 6.01. The molecule has 4 aromatic carbocycles. The maximum atomic E-state index is 3.30. The lowest BCUT2D eigenvalue weighted by Gasteiger charge is -2.04. The van der Waals surface area contributed by atoms with Crippen LogP contribution in [0.1, 0.15) is 11.1 Å². The van der Waals surface area contributed by atoms with Gasteiger partial charge in [-0.1, -0.05) is 97.1 Å². The van der Waals surface area contributed by atoms with E-state index in [1.807, 2.05) is 60.7 Å². The summed E-state index contributed by atoms with van der Waals surface area (Å²) in [5.74, 6) is 0. The first-order valence-corrected chi connectivity index (χ1v) is 8.85. The lowest BCUT2D eigenvalue weighted by atomic mass is 10.1. The Balaban J connectivity index is 0.000000151. The van der Waals surface area contributed by atoms with Crippen LogP contribution in [-0.4, -0.2) is 0 Å². The van der Waals surface area contributed by atoms with E-state index in [9.17, 15) is 0 Å². The molecule has 1 nitrogen and oxygen atoms in total. The Hall–Kier alpha value is -3.32. The van der Waals surface area contributed by atoms with Gasteiger partial charge in [-0.2, -0.15) is 0 Å². The van der Waals surface area contributed by atoms with E-state index < -0.39 is 0 Å². The van der Waals surface area contributed by atoms with Crippen LogP contribution < -0.4 is 5.32 Å². The quantitative estimate of drug-likeness (QED) is 0.436. The van der Waals surface area contributed by atoms with Gasteiger partial charge in [-0.25, -0.2) is 0 Å². The van der Waals surface area contributed by atoms with Crippen molar-refractivity contribution in [1.82, 2.24) is 0 Å². The number of benzene rings is 4. The van der Waals surface area contributed by atoms with Crippen LogP contribution in [0, 0.1) is 0 Å². The van der Waals surface area contributed by atoms with Crippen molar-refractivity contribution in [3.05, 3.63) is 132 Å². The minimum absolute atomic E-state index is 1.03. The zero-order valence-electron chi connectivity index (χ0n) is 14.8. The third-order valence-corrected chi connectivity index (χ3v) is 3.93. The molecule has 0 saturated heterocycles. The molecule has 0 spiro atoms. The summed E-state index contributed by atoms with van der Waals surface area (Å²) in [6.45, 7) is 0. The molecule has 1 N–H and O–H groups in total. The number of para-hydroxylation sites is 2. The molecule has 4 aromatic rings. The van der Waals surface area contributed by atoms with Crippen molar-refractivity contribution >= 4 is 11.4 Å². The van der Waals surface area contributed by atoms with Gasteiger partial charge in [0, 0.05) is 11.4 Å². The van der Waals surface area contributed by atoms with E-state index in [1.54, 1.807) is 0 Å². The molecule has 0 atom stereocenters. The summed E-state index contributed by atoms with van der Waals surface area (Å²) >= 11 is 0. The van der Waals surface area contributed by atoms with E-state index in [0.29, 0.717) is 0 Å². The summed E-state index contributed by atoms with van der Waals surface area (Å²) in [6, 6.07) is 41.4. The van der Waals surface area contributed by atoms with Crippen molar-refractivity contribution in [3.8, 4) is 0 Å². The van der Waals surface area contributed by atoms with Crippen LogP contribution in [0.2, 0.25) is 0 Å². The largest absolute Gasteiger partial charge is 0.356 e. The third kappa shape index (κ3) is 5.95. The van der Waals surface area contributed by atoms with Gasteiger partial charge in [-0.15, -0.1) is 0 Å². The average molecular weight is 337 g/mol. The van der Waals surface area contributed by atoms with Crippen molar-refractivity contribution in [1.29, 1.82) is 0 Å². The predicted octanol–water partition coefficient (Wildman–Crippen LogP) is 6.71. The normalized spacial score (nSPS) is 9.69. The second kappa shape index (κ2) is 9.85. The highest BCUT2D eigenvalue weighted by Crippen LogP contribution is 2.14. The molecule has 0 heterocycles. The van der Waals surface area contributed by atoms with Crippen molar-refractivity contribution in [2.45, 2.75) is 6.42 Å². The van der Waals surface area contributed by atoms with Crippen molar-refractivity contribution < 1.29 is 0 Å². The van der Waals surface area contributed by atoms with Gasteiger partial charge in [0.15, 0.2) is 0 Å². The van der Waals surface area contributed by atoms with E-state index in [0.717, 1.165) is 17.8 Å². The van der Waals surface area contributed by atoms with Crippen molar-refractivity contribution in [2.24, 2.45) is 0 Å². The van der Waals surface area contributed by atoms with Gasteiger partial charge < -0.3 is 5.32 Å². The number of hydrogen-bond donors (Lipinski definition) is 1. The Morgan fingerprint density at radius 3 is 1.04 bits per heavy atom. The molecule has 0 amide bonds. The highest BCUT2D eigenvalue weighted by atomic mass is 14.9. The molecule has 128 valence electrons. The number of nitrogens with one attached hydrogen (secondary N) is 1. The summed E-state index contributed by atoms with van der Waals surface area (Å²) in [4.78, 5) is 0. The van der Waals surface area contributed by atoms with E-state index >= 15 is 0 Å². The molecule has 0 radical (unpaired) electrons. The lowest BCUT2D eigenvalue weighted by molar-refractivity contribution is 1.19. The van der Waals surface area contributed by atoms with Crippen LogP contribution in [0.3, 0.4) is 0 Å². The first kappa shape index (κ1) is 17.5. The second-order valence-corrected chi connectivity index (χ2v) is 6.01. The zero-order valence-corrected chi connectivity index (χ0v) is 14.8. The fourth-order valence-electron chi connectivity index (χ4n) is 2.64. The van der Waals surface area contributed by atoms with Gasteiger partial charge in [0.2, 0.25) is 0 Å². The molecule has 0 aliphatic rings. The van der Waals surface area contributed by atoms with Crippen LogP contribution in [-0.2, 0) is 6.42 Å². The maximum absolute atomic E-state index is 3.30. The standard InChI is InChI=1S/C13H12.C12H11N/c1-3-7-12(8-4-1)11-13-9-5-2-6-10-13;1-3-7-11(8-4-1)13-12-9-5-2-6-10-12/h1-10H,11H2;1-10,13H. The smallest absolute Gasteiger partial charge is 0.0384 e. The minimum Gasteiger partial charge on any atom is -0.356 e. The molecular weight excluding hydrogens is 314 g/mol. The monoisotopic (exact) mass is 337 g/mol. The zero-order chi connectivity index (χ0) is 17.9. The Labute approximate surface area is 156 Å². The average Bonchev–Trinajstić information content (AvgIpc) is 2.72. The topological polar surface area (TPSA) is 12.0 Å². The first-order valence-electron chi connectivity index (χ1n) is 8.85. The molecule has 0 aliphatic heterocycles. The van der Waals surface area contributed by atoms with Crippen LogP contribution in [0.25, 0.3) is 0 Å². The molecule has 26 heavy (non-hydrogen) atoms. The van der Waals surface area contributed by atoms with Gasteiger partial charge in [0.1, 0.15) is 0 Å². The minimum atomic E-state index is 1.03. The summed E-state index contributed by atoms with van der Waals surface area (Å²) < 4.78 is 0. The molecule has 0 fully saturated rings. The van der Waals surface area contributed by atoms with E-state index in [-0.39, 0.29) is 0 Å². The number of anilines is 2. The highest BCUT2D eigenvalue weighted by molar-refractivity contribution is 5.58. The van der Waals surface area contributed by atoms with Gasteiger partial charge in [0.25, 0.3) is 0 Å². The molecule has 4 rings (SSSR count). The highest BCUT2D eigenvalue weighted by Gasteiger charge is 1.92. The first-order chi connectivity index (χ1) is 12.9. The van der Waals surface area contributed by atoms with Crippen LogP contribution >= 0.6 is 0 Å². The molecule has 0 aliphatic carbocycles. The number of hydrogen-bond acceptors (Lipinski definition) is 1. The van der Waals surface area contributed by atoms with E-state index in [2.05, 4.69) is 66.0 Å². The van der Waals surface area contributed by atoms with Gasteiger partial charge >= 0.3 is 0 Å². The predicted molar refractivity (Wildman–Crippen MR) is 112 cm³/mol. The SMILES string of the molecule is c1ccc(Cc2ccccc2)cc1.c1ccc(Nc2ccccc2)cc1. The Bertz CT molecular complexity index is 705. The van der Waals surface area contributed by atoms with Crippen LogP contribution in [0.5, 0.6) is 0 Å². The Kier molecular flexibility index (Phi) is 6.63. The maximum Gasteiger partial charge on any atom is 0.0384 e. The molecule has 0 saturated carbocycles. The fourth-order valence-corrected chi connectivity index (χ4v) is 2.64. The Morgan fingerprint density at radius 2 is 0.692 bits per heavy atom. The molecule has 0 unspecified atom stereocenters. The van der Waals surface area contributed by atoms with Crippen LogP contribution in [0.4, 0.5) is 11.4 Å². The third-order valence-electron chi connectivity index (χ3n) is 3.93. The lowest BCUT2D eigenvalue weighted by Crippen LogP contribution is -1.87. The van der Waals surface area contributed by atoms with E-state index in [4.69, 9.17) is 0 Å². The summed E-state index contributed by atoms with van der Waals surface area (Å²) in [7, 11) is 0. The molecular formula is C25H23N. The van der Waals surface area contributed by atoms with Crippen molar-refractivity contribution in [2.75, 3.05) is 5.32 Å². The van der Waals surface area contributed by atoms with Crippen molar-refractivity contribution in [3.63, 3.8) is 0 Å². The van der Waals surface area contributed by atoms with Gasteiger partial charge in [-0.05, 0) is 41.8 Å². The van der Waals surface area contributed by atoms with E-state index in [1.165, 1.54) is 11.1 Å². The van der Waals surface area contributed by atoms with Gasteiger partial charge in [0.05, 0.1) is 0 Å². The Morgan fingerprint density at radius 1 is 0.385 bits per heavy atom. The molecule has 0 bridgehead atoms. The van der Waals surface area contributed by atoms with Gasteiger partial charge in [-0.3, -0.25) is 0 Å². The summed E-state index contributed by atoms with van der Waals surface area (Å²) in [5, 5.41) is 3.30. The number of rotatable bonds is 4. The molecule has 0 aromatic heterocycles.